The lowest BCUT2D eigenvalue weighted by molar-refractivity contribution is -0.140. The van der Waals surface area contributed by atoms with Gasteiger partial charge in [0.05, 0.1) is 6.54 Å². The summed E-state index contributed by atoms with van der Waals surface area (Å²) in [5, 5.41) is 7.55. The van der Waals surface area contributed by atoms with Crippen LogP contribution in [0, 0.1) is 0 Å². The molecular weight excluding hydrogens is 508 g/mol. The third-order valence-corrected chi connectivity index (χ3v) is 4.54. The Kier molecular flexibility index (Phi) is 8.16. The third-order valence-electron chi connectivity index (χ3n) is 3.70. The SMILES string of the molecule is CCNC(=NCc1nc(C(F)(F)F)cs1)NCCc1ccc2c(c1)OCO2.I. The summed E-state index contributed by atoms with van der Waals surface area (Å²) in [5.74, 6) is 2.00. The molecule has 0 aliphatic carbocycles. The molecule has 2 N–H and O–H groups in total. The first-order chi connectivity index (χ1) is 13.0. The molecule has 28 heavy (non-hydrogen) atoms. The normalized spacial score (nSPS) is 13.2. The monoisotopic (exact) mass is 528 g/mol. The van der Waals surface area contributed by atoms with Gasteiger partial charge >= 0.3 is 6.18 Å². The number of nitrogens with one attached hydrogen (secondary N) is 2. The number of ether oxygens (including phenoxy) is 2. The van der Waals surface area contributed by atoms with Crippen molar-refractivity contribution in [3.8, 4) is 11.5 Å². The second-order valence-corrected chi connectivity index (χ2v) is 6.63. The van der Waals surface area contributed by atoms with Crippen molar-refractivity contribution in [1.82, 2.24) is 15.6 Å². The number of thiazole rings is 1. The van der Waals surface area contributed by atoms with Crippen LogP contribution >= 0.6 is 35.3 Å². The molecule has 0 bridgehead atoms. The van der Waals surface area contributed by atoms with Crippen molar-refractivity contribution in [2.75, 3.05) is 19.9 Å². The summed E-state index contributed by atoms with van der Waals surface area (Å²) in [6, 6.07) is 5.77. The van der Waals surface area contributed by atoms with E-state index in [1.165, 1.54) is 0 Å². The molecule has 3 rings (SSSR count). The Morgan fingerprint density at radius 2 is 2.04 bits per heavy atom. The average Bonchev–Trinajstić information content (AvgIpc) is 3.28. The number of rotatable bonds is 6. The van der Waals surface area contributed by atoms with Gasteiger partial charge in [0, 0.05) is 18.5 Å². The Labute approximate surface area is 181 Å². The zero-order valence-corrected chi connectivity index (χ0v) is 18.2. The smallest absolute Gasteiger partial charge is 0.434 e. The van der Waals surface area contributed by atoms with Gasteiger partial charge in [0.15, 0.2) is 23.2 Å². The van der Waals surface area contributed by atoms with Crippen molar-refractivity contribution in [2.24, 2.45) is 4.99 Å². The van der Waals surface area contributed by atoms with Crippen LogP contribution in [0.3, 0.4) is 0 Å². The molecule has 0 atom stereocenters. The second kappa shape index (κ2) is 10.1. The van der Waals surface area contributed by atoms with Crippen LogP contribution in [-0.4, -0.2) is 30.8 Å². The maximum absolute atomic E-state index is 12.6. The molecular formula is C17H20F3IN4O2S. The molecule has 1 aromatic heterocycles. The molecule has 0 radical (unpaired) electrons. The van der Waals surface area contributed by atoms with E-state index in [0.29, 0.717) is 24.1 Å². The van der Waals surface area contributed by atoms with Crippen molar-refractivity contribution >= 4 is 41.3 Å². The van der Waals surface area contributed by atoms with Crippen LogP contribution in [0.1, 0.15) is 23.2 Å². The van der Waals surface area contributed by atoms with Crippen LogP contribution in [0.25, 0.3) is 0 Å². The Morgan fingerprint density at radius 1 is 1.25 bits per heavy atom. The predicted molar refractivity (Wildman–Crippen MR) is 112 cm³/mol. The maximum Gasteiger partial charge on any atom is 0.434 e. The van der Waals surface area contributed by atoms with Crippen molar-refractivity contribution in [3.05, 3.63) is 39.8 Å². The molecule has 0 spiro atoms. The van der Waals surface area contributed by atoms with Gasteiger partial charge in [-0.1, -0.05) is 6.07 Å². The summed E-state index contributed by atoms with van der Waals surface area (Å²) in [6.07, 6.45) is -3.69. The van der Waals surface area contributed by atoms with Crippen LogP contribution < -0.4 is 20.1 Å². The Bertz CT molecular complexity index is 814. The van der Waals surface area contributed by atoms with Crippen LogP contribution in [0.15, 0.2) is 28.6 Å². The van der Waals surface area contributed by atoms with E-state index >= 15 is 0 Å². The lowest BCUT2D eigenvalue weighted by Crippen LogP contribution is -2.38. The summed E-state index contributed by atoms with van der Waals surface area (Å²) >= 11 is 0.949. The highest BCUT2D eigenvalue weighted by molar-refractivity contribution is 14.0. The van der Waals surface area contributed by atoms with Crippen molar-refractivity contribution in [2.45, 2.75) is 26.1 Å². The summed E-state index contributed by atoms with van der Waals surface area (Å²) < 4.78 is 48.4. The van der Waals surface area contributed by atoms with Gasteiger partial charge in [-0.05, 0) is 31.0 Å². The van der Waals surface area contributed by atoms with Gasteiger partial charge < -0.3 is 20.1 Å². The van der Waals surface area contributed by atoms with E-state index in [4.69, 9.17) is 9.47 Å². The van der Waals surface area contributed by atoms with E-state index in [1.807, 2.05) is 25.1 Å². The molecule has 2 aromatic rings. The molecule has 0 saturated heterocycles. The molecule has 0 saturated carbocycles. The Balaban J connectivity index is 0.00000280. The minimum atomic E-state index is -4.42. The zero-order valence-electron chi connectivity index (χ0n) is 15.0. The first kappa shape index (κ1) is 22.5. The molecule has 1 aliphatic rings. The minimum Gasteiger partial charge on any atom is -0.454 e. The van der Waals surface area contributed by atoms with Crippen LogP contribution in [0.4, 0.5) is 13.2 Å². The van der Waals surface area contributed by atoms with Gasteiger partial charge in [-0.25, -0.2) is 9.98 Å². The molecule has 154 valence electrons. The second-order valence-electron chi connectivity index (χ2n) is 5.68. The number of halogens is 4. The first-order valence-corrected chi connectivity index (χ1v) is 9.26. The topological polar surface area (TPSA) is 67.8 Å². The Hall–Kier alpha value is -1.76. The fraction of sp³-hybridized carbons (Fsp3) is 0.412. The molecule has 1 aliphatic heterocycles. The highest BCUT2D eigenvalue weighted by Crippen LogP contribution is 2.32. The number of hydrogen-bond donors (Lipinski definition) is 2. The van der Waals surface area contributed by atoms with E-state index in [9.17, 15) is 13.2 Å². The summed E-state index contributed by atoms with van der Waals surface area (Å²) in [5.41, 5.74) is 0.204. The van der Waals surface area contributed by atoms with Crippen molar-refractivity contribution in [1.29, 1.82) is 0 Å². The van der Waals surface area contributed by atoms with Gasteiger partial charge in [-0.3, -0.25) is 0 Å². The lowest BCUT2D eigenvalue weighted by atomic mass is 10.1. The maximum atomic E-state index is 12.6. The number of benzene rings is 1. The fourth-order valence-corrected chi connectivity index (χ4v) is 3.15. The molecule has 0 fully saturated rings. The Morgan fingerprint density at radius 3 is 2.75 bits per heavy atom. The van der Waals surface area contributed by atoms with E-state index < -0.39 is 11.9 Å². The zero-order chi connectivity index (χ0) is 19.3. The molecule has 1 aromatic carbocycles. The fourth-order valence-electron chi connectivity index (χ4n) is 2.42. The number of aromatic nitrogens is 1. The van der Waals surface area contributed by atoms with Gasteiger partial charge in [0.1, 0.15) is 5.01 Å². The lowest BCUT2D eigenvalue weighted by Gasteiger charge is -2.11. The minimum absolute atomic E-state index is 0. The molecule has 2 heterocycles. The quantitative estimate of drug-likeness (QED) is 0.339. The number of aliphatic imine (C=N–C) groups is 1. The van der Waals surface area contributed by atoms with Gasteiger partial charge in [-0.2, -0.15) is 13.2 Å². The van der Waals surface area contributed by atoms with Crippen LogP contribution in [-0.2, 0) is 19.1 Å². The number of hydrogen-bond acceptors (Lipinski definition) is 5. The van der Waals surface area contributed by atoms with Crippen molar-refractivity contribution < 1.29 is 22.6 Å². The number of nitrogens with zero attached hydrogens (tertiary/aromatic N) is 2. The number of guanidine groups is 1. The number of fused-ring (bicyclic) bond motifs is 1. The first-order valence-electron chi connectivity index (χ1n) is 8.38. The van der Waals surface area contributed by atoms with Crippen molar-refractivity contribution in [3.63, 3.8) is 0 Å². The highest BCUT2D eigenvalue weighted by atomic mass is 127. The van der Waals surface area contributed by atoms with E-state index in [-0.39, 0.29) is 37.3 Å². The molecule has 0 unspecified atom stereocenters. The van der Waals surface area contributed by atoms with Crippen LogP contribution in [0.5, 0.6) is 11.5 Å². The average molecular weight is 528 g/mol. The van der Waals surface area contributed by atoms with Gasteiger partial charge in [0.2, 0.25) is 6.79 Å². The largest absolute Gasteiger partial charge is 0.454 e. The van der Waals surface area contributed by atoms with E-state index in [1.54, 1.807) is 0 Å². The standard InChI is InChI=1S/C17H19F3N4O2S.HI/c1-2-21-16(23-8-15-24-14(9-27-15)17(18,19)20)22-6-5-11-3-4-12-13(7-11)26-10-25-12;/h3-4,7,9H,2,5-6,8,10H2,1H3,(H2,21,22,23);1H. The molecule has 0 amide bonds. The number of alkyl halides is 3. The van der Waals surface area contributed by atoms with Crippen LogP contribution in [0.2, 0.25) is 0 Å². The van der Waals surface area contributed by atoms with Gasteiger partial charge in [-0.15, -0.1) is 35.3 Å². The summed E-state index contributed by atoms with van der Waals surface area (Å²) in [4.78, 5) is 7.88. The van der Waals surface area contributed by atoms with E-state index in [0.717, 1.165) is 40.2 Å². The molecule has 11 heteroatoms. The molecule has 6 nitrogen and oxygen atoms in total. The third kappa shape index (κ3) is 6.12. The van der Waals surface area contributed by atoms with Gasteiger partial charge in [0.25, 0.3) is 0 Å². The van der Waals surface area contributed by atoms with E-state index in [2.05, 4.69) is 20.6 Å². The summed E-state index contributed by atoms with van der Waals surface area (Å²) in [6.45, 7) is 3.49. The predicted octanol–water partition coefficient (Wildman–Crippen LogP) is 3.81. The summed E-state index contributed by atoms with van der Waals surface area (Å²) in [7, 11) is 0. The highest BCUT2D eigenvalue weighted by Gasteiger charge is 2.33.